The maximum absolute atomic E-state index is 13.7. The zero-order valence-electron chi connectivity index (χ0n) is 31.6. The molecule has 0 atom stereocenters. The number of esters is 1. The zero-order chi connectivity index (χ0) is 38.1. The molecule has 2 fully saturated rings. The summed E-state index contributed by atoms with van der Waals surface area (Å²) in [5.41, 5.74) is 4.73. The van der Waals surface area contributed by atoms with Gasteiger partial charge in [-0.05, 0) is 87.1 Å². The van der Waals surface area contributed by atoms with Crippen molar-refractivity contribution in [1.82, 2.24) is 23.4 Å². The Balaban J connectivity index is 1.24. The van der Waals surface area contributed by atoms with Gasteiger partial charge in [-0.15, -0.1) is 0 Å². The Morgan fingerprint density at radius 3 is 2.34 bits per heavy atom. The average molecular weight is 750 g/mol. The van der Waals surface area contributed by atoms with Crippen LogP contribution >= 0.6 is 0 Å². The molecule has 0 radical (unpaired) electrons. The number of amides is 2. The highest BCUT2D eigenvalue weighted by Crippen LogP contribution is 2.47. The summed E-state index contributed by atoms with van der Waals surface area (Å²) in [7, 11) is 0.222. The summed E-state index contributed by atoms with van der Waals surface area (Å²) >= 11 is 0. The number of nitrogens with zero attached hydrogens (tertiary/aromatic N) is 4. The first kappa shape index (κ1) is 38.3. The number of fused-ring (bicyclic) bond motifs is 5. The van der Waals surface area contributed by atoms with Crippen LogP contribution in [0.25, 0.3) is 28.2 Å². The van der Waals surface area contributed by atoms with E-state index in [1.54, 1.807) is 24.1 Å². The second kappa shape index (κ2) is 15.5. The van der Waals surface area contributed by atoms with Crippen molar-refractivity contribution in [3.05, 3.63) is 58.7 Å². The molecule has 0 spiro atoms. The summed E-state index contributed by atoms with van der Waals surface area (Å²) in [5, 5.41) is 0.975. The molecule has 0 unspecified atom stereocenters. The lowest BCUT2D eigenvalue weighted by molar-refractivity contribution is -0.136. The summed E-state index contributed by atoms with van der Waals surface area (Å²) < 4.78 is 48.4. The molecule has 1 saturated heterocycles. The van der Waals surface area contributed by atoms with Crippen LogP contribution in [0.4, 0.5) is 4.79 Å². The minimum Gasteiger partial charge on any atom is -0.497 e. The average Bonchev–Trinajstić information content (AvgIpc) is 3.35. The summed E-state index contributed by atoms with van der Waals surface area (Å²) in [6, 6.07) is 11.2. The molecule has 3 aromatic rings. The molecule has 1 aromatic heterocycles. The summed E-state index contributed by atoms with van der Waals surface area (Å²) in [5.74, 6) is -0.257. The first-order chi connectivity index (χ1) is 25.2. The van der Waals surface area contributed by atoms with Gasteiger partial charge in [-0.1, -0.05) is 25.3 Å². The van der Waals surface area contributed by atoms with Crippen molar-refractivity contribution in [1.29, 1.82) is 0 Å². The van der Waals surface area contributed by atoms with Gasteiger partial charge in [0, 0.05) is 68.3 Å². The number of hydrogen-bond donors (Lipinski definition) is 1. The molecule has 2 aromatic carbocycles. The molecule has 6 rings (SSSR count). The van der Waals surface area contributed by atoms with E-state index in [0.717, 1.165) is 57.7 Å². The number of likely N-dealkylation sites (N-methyl/N-ethyl adjacent to an activating group) is 1. The molecule has 2 amide bonds. The number of carbonyl (C=O) groups is 3. The van der Waals surface area contributed by atoms with Crippen LogP contribution in [0.1, 0.15) is 80.3 Å². The van der Waals surface area contributed by atoms with Crippen LogP contribution in [-0.4, -0.2) is 111 Å². The van der Waals surface area contributed by atoms with Crippen LogP contribution < -0.4 is 9.46 Å². The molecule has 0 bridgehead atoms. The largest absolute Gasteiger partial charge is 0.497 e. The standard InChI is InChI=1S/C39H51N5O8S/c1-39(2,3)52-38(47)43-20-18-42(19-21-43)17-16-41(4)53(48,49)40-36(45)27-12-14-32-33(24-27)44-25-29(37(46)51-6)22-28-23-30(50-5)13-15-31(28)35(44)34(32)26-10-8-7-9-11-26/h12-15,22-24,26H,7-11,16-21,25H2,1-6H3,(H,40,45). The number of carbonyl (C=O) groups excluding carboxylic acids is 3. The summed E-state index contributed by atoms with van der Waals surface area (Å²) in [6.07, 6.45) is 6.96. The molecule has 1 N–H and O–H groups in total. The lowest BCUT2D eigenvalue weighted by Crippen LogP contribution is -2.52. The second-order valence-corrected chi connectivity index (χ2v) is 16.9. The van der Waals surface area contributed by atoms with Crippen LogP contribution in [0, 0.1) is 0 Å². The van der Waals surface area contributed by atoms with Crippen molar-refractivity contribution in [2.45, 2.75) is 70.9 Å². The van der Waals surface area contributed by atoms with Crippen LogP contribution in [0.15, 0.2) is 42.0 Å². The third kappa shape index (κ3) is 8.39. The van der Waals surface area contributed by atoms with E-state index in [9.17, 15) is 22.8 Å². The van der Waals surface area contributed by atoms with Crippen molar-refractivity contribution in [3.8, 4) is 17.0 Å². The van der Waals surface area contributed by atoms with Gasteiger partial charge in [0.05, 0.1) is 32.0 Å². The number of rotatable bonds is 9. The van der Waals surface area contributed by atoms with Gasteiger partial charge in [0.15, 0.2) is 0 Å². The SMILES string of the molecule is COC(=O)C1=Cc2cc(OC)ccc2-c2c(C3CCCCC3)c3ccc(C(=O)NS(=O)(=O)N(C)CCN4CCN(C(=O)OC(C)(C)C)CC4)cc3n2C1. The fraction of sp³-hybridized carbons (Fsp3) is 0.513. The van der Waals surface area contributed by atoms with E-state index in [1.807, 2.05) is 51.1 Å². The predicted molar refractivity (Wildman–Crippen MR) is 203 cm³/mol. The van der Waals surface area contributed by atoms with Crippen LogP contribution in [0.5, 0.6) is 5.75 Å². The molecule has 14 heteroatoms. The highest BCUT2D eigenvalue weighted by molar-refractivity contribution is 7.87. The Bertz CT molecular complexity index is 2020. The molecule has 3 heterocycles. The third-order valence-electron chi connectivity index (χ3n) is 10.4. The van der Waals surface area contributed by atoms with Crippen LogP contribution in [0.2, 0.25) is 0 Å². The Hall–Kier alpha value is -4.40. The number of ether oxygens (including phenoxy) is 3. The molecule has 1 aliphatic carbocycles. The number of methoxy groups -OCH3 is 2. The molecular weight excluding hydrogens is 699 g/mol. The van der Waals surface area contributed by atoms with E-state index in [-0.39, 0.29) is 30.7 Å². The number of hydrogen-bond acceptors (Lipinski definition) is 9. The van der Waals surface area contributed by atoms with Crippen molar-refractivity contribution >= 4 is 45.2 Å². The molecule has 53 heavy (non-hydrogen) atoms. The second-order valence-electron chi connectivity index (χ2n) is 15.1. The lowest BCUT2D eigenvalue weighted by Gasteiger charge is -2.36. The fourth-order valence-electron chi connectivity index (χ4n) is 7.57. The minimum absolute atomic E-state index is 0.151. The van der Waals surface area contributed by atoms with E-state index < -0.39 is 27.7 Å². The molecule has 2 aliphatic heterocycles. The van der Waals surface area contributed by atoms with Gasteiger partial charge < -0.3 is 23.7 Å². The lowest BCUT2D eigenvalue weighted by atomic mass is 9.81. The maximum Gasteiger partial charge on any atom is 0.410 e. The van der Waals surface area contributed by atoms with Gasteiger partial charge >= 0.3 is 22.3 Å². The summed E-state index contributed by atoms with van der Waals surface area (Å²) in [4.78, 5) is 42.9. The molecule has 1 saturated carbocycles. The topological polar surface area (TPSA) is 140 Å². The maximum atomic E-state index is 13.7. The van der Waals surface area contributed by atoms with Crippen molar-refractivity contribution < 1.29 is 37.0 Å². The van der Waals surface area contributed by atoms with Crippen LogP contribution in [0.3, 0.4) is 0 Å². The van der Waals surface area contributed by atoms with Gasteiger partial charge in [0.1, 0.15) is 11.4 Å². The van der Waals surface area contributed by atoms with Crippen LogP contribution in [-0.2, 0) is 31.0 Å². The van der Waals surface area contributed by atoms with E-state index in [1.165, 1.54) is 26.1 Å². The molecule has 3 aliphatic rings. The van der Waals surface area contributed by atoms with E-state index in [2.05, 4.69) is 14.2 Å². The molecular formula is C39H51N5O8S. The predicted octanol–water partition coefficient (Wildman–Crippen LogP) is 5.39. The van der Waals surface area contributed by atoms with Crippen molar-refractivity contribution in [3.63, 3.8) is 0 Å². The van der Waals surface area contributed by atoms with E-state index >= 15 is 0 Å². The smallest absolute Gasteiger partial charge is 0.410 e. The Kier molecular flexibility index (Phi) is 11.2. The van der Waals surface area contributed by atoms with Gasteiger partial charge in [-0.3, -0.25) is 9.69 Å². The normalized spacial score (nSPS) is 17.1. The number of aromatic nitrogens is 1. The van der Waals surface area contributed by atoms with Gasteiger partial charge in [0.25, 0.3) is 5.91 Å². The van der Waals surface area contributed by atoms with E-state index in [4.69, 9.17) is 14.2 Å². The third-order valence-corrected chi connectivity index (χ3v) is 11.8. The highest BCUT2D eigenvalue weighted by Gasteiger charge is 2.32. The Labute approximate surface area is 312 Å². The van der Waals surface area contributed by atoms with Gasteiger partial charge in [-0.25, -0.2) is 14.3 Å². The van der Waals surface area contributed by atoms with Crippen molar-refractivity contribution in [2.24, 2.45) is 0 Å². The number of nitrogens with one attached hydrogen (secondary N) is 1. The van der Waals surface area contributed by atoms with E-state index in [0.29, 0.717) is 44.0 Å². The quantitative estimate of drug-likeness (QED) is 0.285. The number of piperazine rings is 1. The Morgan fingerprint density at radius 2 is 1.68 bits per heavy atom. The first-order valence-electron chi connectivity index (χ1n) is 18.3. The minimum atomic E-state index is -4.18. The first-order valence-corrected chi connectivity index (χ1v) is 19.7. The van der Waals surface area contributed by atoms with Crippen molar-refractivity contribution in [2.75, 3.05) is 60.5 Å². The van der Waals surface area contributed by atoms with Gasteiger partial charge in [0.2, 0.25) is 0 Å². The molecule has 286 valence electrons. The summed E-state index contributed by atoms with van der Waals surface area (Å²) in [6.45, 7) is 8.39. The Morgan fingerprint density at radius 1 is 0.962 bits per heavy atom. The molecule has 13 nitrogen and oxygen atoms in total. The highest BCUT2D eigenvalue weighted by atomic mass is 32.2. The fourth-order valence-corrected chi connectivity index (χ4v) is 8.40. The number of benzene rings is 2. The monoisotopic (exact) mass is 749 g/mol. The zero-order valence-corrected chi connectivity index (χ0v) is 32.4. The van der Waals surface area contributed by atoms with Gasteiger partial charge in [-0.2, -0.15) is 12.7 Å².